The molecule has 7 heteroatoms. The van der Waals surface area contributed by atoms with Gasteiger partial charge in [-0.2, -0.15) is 0 Å². The van der Waals surface area contributed by atoms with Gasteiger partial charge in [0.05, 0.1) is 5.69 Å². The average molecular weight is 371 g/mol. The number of nitrogens with one attached hydrogen (secondary N) is 1. The Morgan fingerprint density at radius 2 is 2.14 bits per heavy atom. The first kappa shape index (κ1) is 16.6. The van der Waals surface area contributed by atoms with Gasteiger partial charge < -0.3 is 19.7 Å². The number of amides is 2. The minimum Gasteiger partial charge on any atom is -0.489 e. The normalized spacial score (nSPS) is 18.1. The van der Waals surface area contributed by atoms with Crippen molar-refractivity contribution in [3.8, 4) is 5.75 Å². The Balaban J connectivity index is 2.14. The number of likely N-dealkylation sites (N-methyl/N-ethyl adjacent to an activating group) is 1. The van der Waals surface area contributed by atoms with Gasteiger partial charge in [0.15, 0.2) is 0 Å². The molecule has 2 rings (SSSR count). The third-order valence-corrected chi connectivity index (χ3v) is 3.50. The first-order valence-corrected chi connectivity index (χ1v) is 7.66. The van der Waals surface area contributed by atoms with Gasteiger partial charge in [-0.25, -0.2) is 4.79 Å². The Bertz CT molecular complexity index is 598. The van der Waals surface area contributed by atoms with Crippen molar-refractivity contribution in [2.45, 2.75) is 32.4 Å². The summed E-state index contributed by atoms with van der Waals surface area (Å²) in [7, 11) is 1.65. The summed E-state index contributed by atoms with van der Waals surface area (Å²) in [5.74, 6) is 0.325. The molecule has 0 fully saturated rings. The molecule has 0 saturated carbocycles. The monoisotopic (exact) mass is 370 g/mol. The molecule has 0 aromatic heterocycles. The molecule has 0 saturated heterocycles. The number of halogens is 1. The fraction of sp³-hybridized carbons (Fsp3) is 0.467. The van der Waals surface area contributed by atoms with Gasteiger partial charge in [0, 0.05) is 11.5 Å². The third-order valence-electron chi connectivity index (χ3n) is 3.01. The van der Waals surface area contributed by atoms with E-state index in [1.807, 2.05) is 6.07 Å². The van der Waals surface area contributed by atoms with E-state index in [0.29, 0.717) is 11.4 Å². The summed E-state index contributed by atoms with van der Waals surface area (Å²) < 4.78 is 11.7. The Kier molecular flexibility index (Phi) is 4.65. The fourth-order valence-electron chi connectivity index (χ4n) is 2.03. The number of carbonyl (C=O) groups is 2. The standard InChI is InChI=1S/C15H19BrN2O4/c1-15(2,3)22-14(20)17-10-8-21-12-7-9(16)5-6-11(12)18(4)13(10)19/h5-7,10H,8H2,1-4H3,(H,17,20). The molecule has 1 aliphatic heterocycles. The first-order chi connectivity index (χ1) is 10.2. The van der Waals surface area contributed by atoms with Crippen LogP contribution in [0.15, 0.2) is 22.7 Å². The van der Waals surface area contributed by atoms with Crippen LogP contribution in [0.25, 0.3) is 0 Å². The van der Waals surface area contributed by atoms with Crippen molar-refractivity contribution in [2.75, 3.05) is 18.6 Å². The Morgan fingerprint density at radius 1 is 1.45 bits per heavy atom. The van der Waals surface area contributed by atoms with Gasteiger partial charge in [-0.1, -0.05) is 15.9 Å². The van der Waals surface area contributed by atoms with Crippen molar-refractivity contribution in [1.29, 1.82) is 0 Å². The molecule has 0 bridgehead atoms. The predicted molar refractivity (Wildman–Crippen MR) is 86.2 cm³/mol. The molecule has 1 N–H and O–H groups in total. The van der Waals surface area contributed by atoms with Gasteiger partial charge >= 0.3 is 6.09 Å². The summed E-state index contributed by atoms with van der Waals surface area (Å²) in [6.45, 7) is 5.33. The van der Waals surface area contributed by atoms with Crippen molar-refractivity contribution in [2.24, 2.45) is 0 Å². The number of carbonyl (C=O) groups excluding carboxylic acids is 2. The summed E-state index contributed by atoms with van der Waals surface area (Å²) in [6, 6.07) is 4.60. The molecule has 1 unspecified atom stereocenters. The highest BCUT2D eigenvalue weighted by Gasteiger charge is 2.31. The molecule has 1 heterocycles. The zero-order valence-corrected chi connectivity index (χ0v) is 14.6. The van der Waals surface area contributed by atoms with Crippen molar-refractivity contribution >= 4 is 33.6 Å². The number of hydrogen-bond acceptors (Lipinski definition) is 4. The van der Waals surface area contributed by atoms with Crippen molar-refractivity contribution in [3.63, 3.8) is 0 Å². The second kappa shape index (κ2) is 6.16. The number of ether oxygens (including phenoxy) is 2. The zero-order valence-electron chi connectivity index (χ0n) is 13.0. The fourth-order valence-corrected chi connectivity index (χ4v) is 2.37. The largest absolute Gasteiger partial charge is 0.489 e. The zero-order chi connectivity index (χ0) is 16.5. The highest BCUT2D eigenvalue weighted by molar-refractivity contribution is 9.10. The predicted octanol–water partition coefficient (Wildman–Crippen LogP) is 2.70. The Labute approximate surface area is 137 Å². The molecular formula is C15H19BrN2O4. The number of fused-ring (bicyclic) bond motifs is 1. The SMILES string of the molecule is CN1C(=O)C(NC(=O)OC(C)(C)C)COc2cc(Br)ccc21. The molecule has 1 aromatic carbocycles. The maximum atomic E-state index is 12.5. The number of rotatable bonds is 1. The van der Waals surface area contributed by atoms with E-state index in [1.165, 1.54) is 4.90 Å². The molecule has 0 radical (unpaired) electrons. The van der Waals surface area contributed by atoms with E-state index >= 15 is 0 Å². The molecule has 22 heavy (non-hydrogen) atoms. The lowest BCUT2D eigenvalue weighted by Crippen LogP contribution is -2.50. The molecule has 0 spiro atoms. The molecule has 0 aliphatic carbocycles. The van der Waals surface area contributed by atoms with Gasteiger partial charge in [0.1, 0.15) is 24.0 Å². The van der Waals surface area contributed by atoms with E-state index in [1.54, 1.807) is 40.0 Å². The van der Waals surface area contributed by atoms with E-state index in [0.717, 1.165) is 4.47 Å². The minimum atomic E-state index is -0.800. The van der Waals surface area contributed by atoms with Crippen LogP contribution < -0.4 is 15.0 Å². The number of benzene rings is 1. The highest BCUT2D eigenvalue weighted by Crippen LogP contribution is 2.33. The van der Waals surface area contributed by atoms with E-state index in [2.05, 4.69) is 21.2 Å². The molecule has 120 valence electrons. The van der Waals surface area contributed by atoms with Gasteiger partial charge in [0.25, 0.3) is 5.91 Å². The van der Waals surface area contributed by atoms with Gasteiger partial charge in [-0.05, 0) is 39.0 Å². The molecule has 1 aliphatic rings. The summed E-state index contributed by atoms with van der Waals surface area (Å²) in [5, 5.41) is 2.56. The lowest BCUT2D eigenvalue weighted by Gasteiger charge is -2.23. The molecular weight excluding hydrogens is 352 g/mol. The van der Waals surface area contributed by atoms with Crippen LogP contribution in [0.2, 0.25) is 0 Å². The Hall–Kier alpha value is -1.76. The maximum absolute atomic E-state index is 12.5. The minimum absolute atomic E-state index is 0.0475. The summed E-state index contributed by atoms with van der Waals surface area (Å²) >= 11 is 3.37. The van der Waals surface area contributed by atoms with E-state index in [9.17, 15) is 9.59 Å². The highest BCUT2D eigenvalue weighted by atomic mass is 79.9. The topological polar surface area (TPSA) is 67.9 Å². The summed E-state index contributed by atoms with van der Waals surface area (Å²) in [4.78, 5) is 25.8. The smallest absolute Gasteiger partial charge is 0.408 e. The van der Waals surface area contributed by atoms with Gasteiger partial charge in [-0.3, -0.25) is 4.79 Å². The van der Waals surface area contributed by atoms with Crippen LogP contribution in [0.3, 0.4) is 0 Å². The van der Waals surface area contributed by atoms with Gasteiger partial charge in [-0.15, -0.1) is 0 Å². The number of hydrogen-bond donors (Lipinski definition) is 1. The second-order valence-corrected chi connectivity index (χ2v) is 6.93. The molecule has 1 atom stereocenters. The van der Waals surface area contributed by atoms with Crippen LogP contribution in [0.4, 0.5) is 10.5 Å². The van der Waals surface area contributed by atoms with E-state index < -0.39 is 17.7 Å². The van der Waals surface area contributed by atoms with Crippen LogP contribution in [-0.2, 0) is 9.53 Å². The second-order valence-electron chi connectivity index (χ2n) is 6.02. The Morgan fingerprint density at radius 3 is 2.77 bits per heavy atom. The van der Waals surface area contributed by atoms with Crippen molar-refractivity contribution in [3.05, 3.63) is 22.7 Å². The van der Waals surface area contributed by atoms with Crippen LogP contribution in [0, 0.1) is 0 Å². The quantitative estimate of drug-likeness (QED) is 0.824. The number of nitrogens with zero attached hydrogens (tertiary/aromatic N) is 1. The lowest BCUT2D eigenvalue weighted by molar-refractivity contribution is -0.120. The van der Waals surface area contributed by atoms with Crippen LogP contribution in [-0.4, -0.2) is 37.3 Å². The van der Waals surface area contributed by atoms with Crippen LogP contribution >= 0.6 is 15.9 Å². The number of anilines is 1. The first-order valence-electron chi connectivity index (χ1n) is 6.87. The summed E-state index contributed by atoms with van der Waals surface area (Å²) in [6.07, 6.45) is -0.644. The van der Waals surface area contributed by atoms with Crippen LogP contribution in [0.5, 0.6) is 5.75 Å². The lowest BCUT2D eigenvalue weighted by atomic mass is 10.2. The van der Waals surface area contributed by atoms with E-state index in [4.69, 9.17) is 9.47 Å². The number of alkyl carbamates (subject to hydrolysis) is 1. The molecule has 1 aromatic rings. The average Bonchev–Trinajstić information content (AvgIpc) is 2.49. The maximum Gasteiger partial charge on any atom is 0.408 e. The van der Waals surface area contributed by atoms with Crippen molar-refractivity contribution < 1.29 is 19.1 Å². The van der Waals surface area contributed by atoms with Gasteiger partial charge in [0.2, 0.25) is 0 Å². The summed E-state index contributed by atoms with van der Waals surface area (Å²) in [5.41, 5.74) is 0.0278. The molecule has 6 nitrogen and oxygen atoms in total. The third kappa shape index (κ3) is 3.91. The van der Waals surface area contributed by atoms with E-state index in [-0.39, 0.29) is 12.5 Å². The van der Waals surface area contributed by atoms with Crippen molar-refractivity contribution in [1.82, 2.24) is 5.32 Å². The molecule has 2 amide bonds. The van der Waals surface area contributed by atoms with Crippen LogP contribution in [0.1, 0.15) is 20.8 Å².